The van der Waals surface area contributed by atoms with Gasteiger partial charge in [-0.25, -0.2) is 0 Å². The van der Waals surface area contributed by atoms with E-state index in [4.69, 9.17) is 0 Å². The molecule has 0 unspecified atom stereocenters. The van der Waals surface area contributed by atoms with Gasteiger partial charge in [-0.1, -0.05) is 26.3 Å². The third-order valence-electron chi connectivity index (χ3n) is 1.71. The summed E-state index contributed by atoms with van der Waals surface area (Å²) in [6.45, 7) is 4.40. The second kappa shape index (κ2) is 6.53. The minimum Gasteiger partial charge on any atom is -0.286 e. The predicted molar refractivity (Wildman–Crippen MR) is 43.5 cm³/mol. The maximum Gasteiger partial charge on any atom is 0.225 e. The quantitative estimate of drug-likeness (QED) is 0.535. The van der Waals surface area contributed by atoms with Gasteiger partial charge in [-0.15, -0.1) is 0 Å². The van der Waals surface area contributed by atoms with Crippen LogP contribution in [0.3, 0.4) is 0 Å². The van der Waals surface area contributed by atoms with Gasteiger partial charge < -0.3 is 0 Å². The lowest BCUT2D eigenvalue weighted by molar-refractivity contribution is 0.521. The highest BCUT2D eigenvalue weighted by molar-refractivity contribution is 5.65. The van der Waals surface area contributed by atoms with E-state index in [0.717, 1.165) is 12.3 Å². The molecule has 0 N–H and O–H groups in total. The molecule has 0 aliphatic heterocycles. The van der Waals surface area contributed by atoms with Crippen LogP contribution in [-0.2, 0) is 4.79 Å². The number of rotatable bonds is 5. The maximum absolute atomic E-state index is 9.71. The average Bonchev–Trinajstić information content (AvgIpc) is 1.98. The van der Waals surface area contributed by atoms with Crippen molar-refractivity contribution in [1.82, 2.24) is 0 Å². The van der Waals surface area contributed by atoms with E-state index in [9.17, 15) is 4.79 Å². The maximum atomic E-state index is 9.71. The Labute approximate surface area is 63.1 Å². The van der Waals surface area contributed by atoms with Crippen LogP contribution in [0, 0.1) is 5.92 Å². The van der Waals surface area contributed by atoms with Gasteiger partial charge in [0.2, 0.25) is 6.29 Å². The van der Waals surface area contributed by atoms with Gasteiger partial charge in [0.05, 0.1) is 0 Å². The Morgan fingerprint density at radius 3 is 2.80 bits per heavy atom. The molecule has 0 bridgehead atoms. The lowest BCUT2D eigenvalue weighted by Gasteiger charge is -2.03. The standard InChI is InChI=1S/C9H15O/c1-3-9(2)7-5-4-6-8-10/h4,6,9H,3,5,7H2,1-2H3/b6-4-/t9-/m1/s1. The van der Waals surface area contributed by atoms with Crippen molar-refractivity contribution in [3.05, 3.63) is 12.2 Å². The molecule has 0 saturated carbocycles. The molecule has 0 aliphatic carbocycles. The first-order chi connectivity index (χ1) is 4.81. The van der Waals surface area contributed by atoms with Gasteiger partial charge in [-0.05, 0) is 24.8 Å². The van der Waals surface area contributed by atoms with Crippen molar-refractivity contribution >= 4 is 6.29 Å². The summed E-state index contributed by atoms with van der Waals surface area (Å²) in [5, 5.41) is 0. The van der Waals surface area contributed by atoms with Gasteiger partial charge in [0.1, 0.15) is 0 Å². The van der Waals surface area contributed by atoms with Crippen molar-refractivity contribution in [1.29, 1.82) is 0 Å². The van der Waals surface area contributed by atoms with Crippen LogP contribution in [0.25, 0.3) is 0 Å². The molecule has 1 radical (unpaired) electrons. The lowest BCUT2D eigenvalue weighted by atomic mass is 10.0. The van der Waals surface area contributed by atoms with E-state index in [1.54, 1.807) is 6.29 Å². The molecular formula is C9H15O. The molecule has 1 atom stereocenters. The minimum atomic E-state index is 0.774. The van der Waals surface area contributed by atoms with Crippen LogP contribution in [0.15, 0.2) is 12.2 Å². The van der Waals surface area contributed by atoms with Crippen LogP contribution in [0.2, 0.25) is 0 Å². The monoisotopic (exact) mass is 139 g/mol. The smallest absolute Gasteiger partial charge is 0.225 e. The van der Waals surface area contributed by atoms with E-state index in [-0.39, 0.29) is 0 Å². The first kappa shape index (κ1) is 9.41. The highest BCUT2D eigenvalue weighted by atomic mass is 16.1. The third-order valence-corrected chi connectivity index (χ3v) is 1.71. The first-order valence-electron chi connectivity index (χ1n) is 3.84. The van der Waals surface area contributed by atoms with Crippen LogP contribution in [0.5, 0.6) is 0 Å². The SMILES string of the molecule is CC[C@@H](C)CC/C=C\[C]=O. The molecule has 0 fully saturated rings. The second-order valence-electron chi connectivity index (χ2n) is 2.61. The number of allylic oxidation sites excluding steroid dienone is 2. The Morgan fingerprint density at radius 2 is 2.30 bits per heavy atom. The molecule has 0 rings (SSSR count). The molecule has 0 spiro atoms. The molecule has 0 aromatic carbocycles. The Kier molecular flexibility index (Phi) is 6.14. The van der Waals surface area contributed by atoms with Crippen molar-refractivity contribution in [2.24, 2.45) is 5.92 Å². The van der Waals surface area contributed by atoms with Crippen molar-refractivity contribution in [3.8, 4) is 0 Å². The van der Waals surface area contributed by atoms with E-state index < -0.39 is 0 Å². The Morgan fingerprint density at radius 1 is 1.60 bits per heavy atom. The number of hydrogen-bond donors (Lipinski definition) is 0. The molecule has 0 aromatic heterocycles. The van der Waals surface area contributed by atoms with Gasteiger partial charge in [-0.3, -0.25) is 4.79 Å². The summed E-state index contributed by atoms with van der Waals surface area (Å²) in [6.07, 6.45) is 8.45. The third kappa shape index (κ3) is 5.54. The predicted octanol–water partition coefficient (Wildman–Crippen LogP) is 2.48. The fourth-order valence-electron chi connectivity index (χ4n) is 0.716. The molecule has 0 aliphatic rings. The molecule has 10 heavy (non-hydrogen) atoms. The zero-order valence-electron chi connectivity index (χ0n) is 6.76. The lowest BCUT2D eigenvalue weighted by Crippen LogP contribution is -1.89. The molecule has 1 nitrogen and oxygen atoms in total. The summed E-state index contributed by atoms with van der Waals surface area (Å²) in [6, 6.07) is 0. The van der Waals surface area contributed by atoms with Crippen molar-refractivity contribution < 1.29 is 4.79 Å². The van der Waals surface area contributed by atoms with Crippen molar-refractivity contribution in [2.45, 2.75) is 33.1 Å². The average molecular weight is 139 g/mol. The first-order valence-corrected chi connectivity index (χ1v) is 3.84. The fourth-order valence-corrected chi connectivity index (χ4v) is 0.716. The summed E-state index contributed by atoms with van der Waals surface area (Å²) in [4.78, 5) is 9.71. The van der Waals surface area contributed by atoms with E-state index in [1.165, 1.54) is 18.9 Å². The Balaban J connectivity index is 3.18. The molecular weight excluding hydrogens is 124 g/mol. The second-order valence-corrected chi connectivity index (χ2v) is 2.61. The number of carbonyl (C=O) groups excluding carboxylic acids is 1. The topological polar surface area (TPSA) is 17.1 Å². The summed E-state index contributed by atoms with van der Waals surface area (Å²) < 4.78 is 0. The largest absolute Gasteiger partial charge is 0.286 e. The fraction of sp³-hybridized carbons (Fsp3) is 0.667. The zero-order valence-corrected chi connectivity index (χ0v) is 6.76. The molecule has 0 saturated heterocycles. The molecule has 1 heteroatoms. The van der Waals surface area contributed by atoms with E-state index >= 15 is 0 Å². The Bertz CT molecular complexity index is 105. The Hall–Kier alpha value is -0.590. The molecule has 0 amide bonds. The minimum absolute atomic E-state index is 0.774. The molecule has 57 valence electrons. The van der Waals surface area contributed by atoms with Crippen molar-refractivity contribution in [2.75, 3.05) is 0 Å². The highest BCUT2D eigenvalue weighted by Gasteiger charge is 1.94. The summed E-state index contributed by atoms with van der Waals surface area (Å²) >= 11 is 0. The van der Waals surface area contributed by atoms with Gasteiger partial charge >= 0.3 is 0 Å². The zero-order chi connectivity index (χ0) is 7.82. The van der Waals surface area contributed by atoms with E-state index in [0.29, 0.717) is 0 Å². The van der Waals surface area contributed by atoms with Crippen LogP contribution >= 0.6 is 0 Å². The van der Waals surface area contributed by atoms with E-state index in [2.05, 4.69) is 13.8 Å². The van der Waals surface area contributed by atoms with E-state index in [1.807, 2.05) is 6.08 Å². The van der Waals surface area contributed by atoms with Gasteiger partial charge in [0.15, 0.2) is 0 Å². The summed E-state index contributed by atoms with van der Waals surface area (Å²) in [7, 11) is 0. The van der Waals surface area contributed by atoms with Crippen LogP contribution in [-0.4, -0.2) is 6.29 Å². The molecule has 0 aromatic rings. The van der Waals surface area contributed by atoms with Gasteiger partial charge in [0, 0.05) is 0 Å². The normalized spacial score (nSPS) is 13.8. The van der Waals surface area contributed by atoms with Gasteiger partial charge in [0.25, 0.3) is 0 Å². The van der Waals surface area contributed by atoms with Crippen LogP contribution in [0.1, 0.15) is 33.1 Å². The summed E-state index contributed by atoms with van der Waals surface area (Å²) in [5.74, 6) is 0.774. The summed E-state index contributed by atoms with van der Waals surface area (Å²) in [5.41, 5.74) is 0. The number of hydrogen-bond acceptors (Lipinski definition) is 1. The van der Waals surface area contributed by atoms with Crippen LogP contribution < -0.4 is 0 Å². The highest BCUT2D eigenvalue weighted by Crippen LogP contribution is 2.08. The van der Waals surface area contributed by atoms with Crippen LogP contribution in [0.4, 0.5) is 0 Å². The van der Waals surface area contributed by atoms with Gasteiger partial charge in [-0.2, -0.15) is 0 Å². The van der Waals surface area contributed by atoms with Crippen molar-refractivity contribution in [3.63, 3.8) is 0 Å². The molecule has 0 heterocycles.